The average Bonchev–Trinajstić information content (AvgIpc) is 2.34. The van der Waals surface area contributed by atoms with Crippen LogP contribution < -0.4 is 0 Å². The van der Waals surface area contributed by atoms with Gasteiger partial charge in [0.25, 0.3) is 0 Å². The summed E-state index contributed by atoms with van der Waals surface area (Å²) in [5, 5.41) is 2.65. The summed E-state index contributed by atoms with van der Waals surface area (Å²) >= 11 is 1.58. The molecule has 0 saturated carbocycles. The van der Waals surface area contributed by atoms with Crippen molar-refractivity contribution < 1.29 is 4.39 Å². The van der Waals surface area contributed by atoms with Crippen molar-refractivity contribution >= 4 is 21.4 Å². The van der Waals surface area contributed by atoms with Gasteiger partial charge in [-0.3, -0.25) is 0 Å². The average molecular weight is 166 g/mol. The minimum absolute atomic E-state index is 0.110. The van der Waals surface area contributed by atoms with Gasteiger partial charge < -0.3 is 0 Å². The first kappa shape index (κ1) is 6.80. The van der Waals surface area contributed by atoms with Crippen LogP contribution in [0.2, 0.25) is 0 Å². The second kappa shape index (κ2) is 2.31. The highest BCUT2D eigenvalue weighted by molar-refractivity contribution is 7.17. The molecule has 2 rings (SSSR count). The van der Waals surface area contributed by atoms with Crippen molar-refractivity contribution in [3.8, 4) is 0 Å². The Hall–Kier alpha value is -0.890. The third kappa shape index (κ3) is 1.03. The highest BCUT2D eigenvalue weighted by Crippen LogP contribution is 2.24. The van der Waals surface area contributed by atoms with Crippen LogP contribution in [0.15, 0.2) is 23.6 Å². The molecule has 0 radical (unpaired) electrons. The molecule has 1 aromatic heterocycles. The summed E-state index contributed by atoms with van der Waals surface area (Å²) in [5.41, 5.74) is 0.984. The SMILES string of the molecule is Cc1cc(F)c2ccsc2c1. The minimum Gasteiger partial charge on any atom is -0.206 e. The molecule has 0 N–H and O–H groups in total. The van der Waals surface area contributed by atoms with E-state index in [1.807, 2.05) is 24.4 Å². The van der Waals surface area contributed by atoms with Crippen molar-refractivity contribution in [1.29, 1.82) is 0 Å². The predicted molar refractivity (Wildman–Crippen MR) is 46.5 cm³/mol. The van der Waals surface area contributed by atoms with Gasteiger partial charge in [0.1, 0.15) is 5.82 Å². The van der Waals surface area contributed by atoms with E-state index in [1.165, 1.54) is 0 Å². The summed E-state index contributed by atoms with van der Waals surface area (Å²) in [6, 6.07) is 5.38. The van der Waals surface area contributed by atoms with Gasteiger partial charge in [-0.25, -0.2) is 4.39 Å². The molecule has 0 unspecified atom stereocenters. The van der Waals surface area contributed by atoms with E-state index >= 15 is 0 Å². The molecule has 1 heterocycles. The second-order valence-corrected chi connectivity index (χ2v) is 3.53. The highest BCUT2D eigenvalue weighted by atomic mass is 32.1. The number of hydrogen-bond acceptors (Lipinski definition) is 1. The van der Waals surface area contributed by atoms with Crippen LogP contribution in [-0.4, -0.2) is 0 Å². The fraction of sp³-hybridized carbons (Fsp3) is 0.111. The van der Waals surface area contributed by atoms with Crippen LogP contribution in [0.25, 0.3) is 10.1 Å². The van der Waals surface area contributed by atoms with Crippen molar-refractivity contribution in [1.82, 2.24) is 0 Å². The Labute approximate surface area is 68.3 Å². The van der Waals surface area contributed by atoms with Crippen molar-refractivity contribution in [2.45, 2.75) is 6.92 Å². The van der Waals surface area contributed by atoms with Gasteiger partial charge in [0.2, 0.25) is 0 Å². The summed E-state index contributed by atoms with van der Waals surface area (Å²) in [5.74, 6) is -0.110. The van der Waals surface area contributed by atoms with Crippen LogP contribution >= 0.6 is 11.3 Å². The zero-order valence-corrected chi connectivity index (χ0v) is 6.91. The van der Waals surface area contributed by atoms with E-state index < -0.39 is 0 Å². The van der Waals surface area contributed by atoms with Gasteiger partial charge in [-0.05, 0) is 36.1 Å². The molecule has 56 valence electrons. The number of fused-ring (bicyclic) bond motifs is 1. The molecular formula is C9H7FS. The molecule has 2 aromatic rings. The molecule has 2 heteroatoms. The maximum absolute atomic E-state index is 13.1. The van der Waals surface area contributed by atoms with Crippen molar-refractivity contribution in [2.24, 2.45) is 0 Å². The lowest BCUT2D eigenvalue weighted by molar-refractivity contribution is 0.639. The lowest BCUT2D eigenvalue weighted by Crippen LogP contribution is -1.76. The summed E-state index contributed by atoms with van der Waals surface area (Å²) < 4.78 is 14.1. The molecule has 0 aliphatic carbocycles. The molecule has 0 aliphatic rings. The van der Waals surface area contributed by atoms with E-state index in [-0.39, 0.29) is 5.82 Å². The Morgan fingerprint density at radius 3 is 3.00 bits per heavy atom. The normalized spacial score (nSPS) is 10.7. The molecule has 11 heavy (non-hydrogen) atoms. The van der Waals surface area contributed by atoms with E-state index in [0.29, 0.717) is 0 Å². The first-order chi connectivity index (χ1) is 5.27. The molecule has 0 fully saturated rings. The second-order valence-electron chi connectivity index (χ2n) is 2.58. The third-order valence-corrected chi connectivity index (χ3v) is 2.53. The van der Waals surface area contributed by atoms with E-state index in [4.69, 9.17) is 0 Å². The first-order valence-electron chi connectivity index (χ1n) is 3.41. The quantitative estimate of drug-likeness (QED) is 0.563. The van der Waals surface area contributed by atoms with Gasteiger partial charge >= 0.3 is 0 Å². The number of thiophene rings is 1. The molecule has 0 saturated heterocycles. The summed E-state index contributed by atoms with van der Waals surface area (Å²) in [6.07, 6.45) is 0. The van der Waals surface area contributed by atoms with Crippen LogP contribution in [0, 0.1) is 12.7 Å². The highest BCUT2D eigenvalue weighted by Gasteiger charge is 2.01. The molecule has 1 aromatic carbocycles. The van der Waals surface area contributed by atoms with E-state index in [0.717, 1.165) is 15.6 Å². The summed E-state index contributed by atoms with van der Waals surface area (Å²) in [7, 11) is 0. The topological polar surface area (TPSA) is 0 Å². The van der Waals surface area contributed by atoms with Gasteiger partial charge in [0, 0.05) is 10.1 Å². The van der Waals surface area contributed by atoms with Gasteiger partial charge in [-0.15, -0.1) is 11.3 Å². The van der Waals surface area contributed by atoms with Crippen molar-refractivity contribution in [3.63, 3.8) is 0 Å². The lowest BCUT2D eigenvalue weighted by atomic mass is 10.2. The monoisotopic (exact) mass is 166 g/mol. The van der Waals surface area contributed by atoms with Crippen LogP contribution in [0.5, 0.6) is 0 Å². The number of aryl methyl sites for hydroxylation is 1. The molecular weight excluding hydrogens is 159 g/mol. The Morgan fingerprint density at radius 2 is 2.18 bits per heavy atom. The van der Waals surface area contributed by atoms with Crippen LogP contribution in [0.4, 0.5) is 4.39 Å². The lowest BCUT2D eigenvalue weighted by Gasteiger charge is -1.94. The zero-order chi connectivity index (χ0) is 7.84. The fourth-order valence-electron chi connectivity index (χ4n) is 1.16. The van der Waals surface area contributed by atoms with E-state index in [9.17, 15) is 4.39 Å². The van der Waals surface area contributed by atoms with Crippen LogP contribution in [-0.2, 0) is 0 Å². The van der Waals surface area contributed by atoms with E-state index in [2.05, 4.69) is 0 Å². The van der Waals surface area contributed by atoms with Gasteiger partial charge in [0.05, 0.1) is 0 Å². The Balaban J connectivity index is 2.91. The molecule has 0 amide bonds. The number of hydrogen-bond donors (Lipinski definition) is 0. The smallest absolute Gasteiger partial charge is 0.132 e. The Kier molecular flexibility index (Phi) is 1.43. The largest absolute Gasteiger partial charge is 0.206 e. The molecule has 0 nitrogen and oxygen atoms in total. The number of rotatable bonds is 0. The maximum Gasteiger partial charge on any atom is 0.132 e. The van der Waals surface area contributed by atoms with Crippen LogP contribution in [0.3, 0.4) is 0 Å². The molecule has 0 aliphatic heterocycles. The molecule has 0 spiro atoms. The van der Waals surface area contributed by atoms with Gasteiger partial charge in [0.15, 0.2) is 0 Å². The molecule has 0 bridgehead atoms. The Bertz CT molecular complexity index is 389. The zero-order valence-electron chi connectivity index (χ0n) is 6.10. The first-order valence-corrected chi connectivity index (χ1v) is 4.29. The predicted octanol–water partition coefficient (Wildman–Crippen LogP) is 3.35. The third-order valence-electron chi connectivity index (χ3n) is 1.67. The van der Waals surface area contributed by atoms with Crippen molar-refractivity contribution in [2.75, 3.05) is 0 Å². The number of benzene rings is 1. The Morgan fingerprint density at radius 1 is 1.36 bits per heavy atom. The maximum atomic E-state index is 13.1. The summed E-state index contributed by atoms with van der Waals surface area (Å²) in [6.45, 7) is 1.90. The van der Waals surface area contributed by atoms with Crippen molar-refractivity contribution in [3.05, 3.63) is 35.0 Å². The van der Waals surface area contributed by atoms with Crippen LogP contribution in [0.1, 0.15) is 5.56 Å². The fourth-order valence-corrected chi connectivity index (χ4v) is 2.05. The van der Waals surface area contributed by atoms with E-state index in [1.54, 1.807) is 17.4 Å². The standard InChI is InChI=1S/C9H7FS/c1-6-4-8(10)7-2-3-11-9(7)5-6/h2-5H,1H3. The van der Waals surface area contributed by atoms with Gasteiger partial charge in [-0.1, -0.05) is 0 Å². The molecule has 0 atom stereocenters. The minimum atomic E-state index is -0.110. The summed E-state index contributed by atoms with van der Waals surface area (Å²) in [4.78, 5) is 0. The van der Waals surface area contributed by atoms with Gasteiger partial charge in [-0.2, -0.15) is 0 Å². The number of halogens is 1.